The van der Waals surface area contributed by atoms with Crippen LogP contribution >= 0.6 is 11.6 Å². The Labute approximate surface area is 98.7 Å². The van der Waals surface area contributed by atoms with Crippen molar-refractivity contribution in [1.82, 2.24) is 0 Å². The summed E-state index contributed by atoms with van der Waals surface area (Å²) in [6.45, 7) is 8.89. The summed E-state index contributed by atoms with van der Waals surface area (Å²) >= 11 is 6.19. The molecule has 1 aromatic carbocycles. The molecule has 0 aromatic heterocycles. The molecule has 0 aliphatic carbocycles. The zero-order chi connectivity index (χ0) is 11.5. The van der Waals surface area contributed by atoms with Crippen molar-refractivity contribution in [2.45, 2.75) is 51.3 Å². The molecule has 0 radical (unpaired) electrons. The molecule has 0 saturated heterocycles. The van der Waals surface area contributed by atoms with E-state index in [-0.39, 0.29) is 10.8 Å². The molecule has 1 atom stereocenters. The standard InChI is InChI=1S/C14H21Cl/c1-5-13(15)11-7-9-12(10-8-11)14(3,4)6-2/h7-10,13H,5-6H2,1-4H3. The summed E-state index contributed by atoms with van der Waals surface area (Å²) in [6, 6.07) is 8.75. The largest absolute Gasteiger partial charge is 0.118 e. The van der Waals surface area contributed by atoms with Crippen LogP contribution in [0.15, 0.2) is 24.3 Å². The van der Waals surface area contributed by atoms with Gasteiger partial charge in [-0.1, -0.05) is 52.0 Å². The Balaban J connectivity index is 2.90. The van der Waals surface area contributed by atoms with Crippen LogP contribution < -0.4 is 0 Å². The predicted molar refractivity (Wildman–Crippen MR) is 68.6 cm³/mol. The molecule has 1 aromatic rings. The predicted octanol–water partition coefficient (Wildman–Crippen LogP) is 5.06. The average Bonchev–Trinajstić information content (AvgIpc) is 2.28. The highest BCUT2D eigenvalue weighted by Gasteiger charge is 2.17. The molecule has 0 fully saturated rings. The van der Waals surface area contributed by atoms with Gasteiger partial charge in [0.2, 0.25) is 0 Å². The van der Waals surface area contributed by atoms with Crippen LogP contribution in [0.1, 0.15) is 57.0 Å². The highest BCUT2D eigenvalue weighted by molar-refractivity contribution is 6.20. The third-order valence-electron chi connectivity index (χ3n) is 3.30. The second-order valence-electron chi connectivity index (χ2n) is 4.74. The Kier molecular flexibility index (Phi) is 4.21. The monoisotopic (exact) mass is 224 g/mol. The van der Waals surface area contributed by atoms with E-state index in [1.807, 2.05) is 0 Å². The smallest absolute Gasteiger partial charge is 0.0582 e. The van der Waals surface area contributed by atoms with Crippen LogP contribution in [0.5, 0.6) is 0 Å². The van der Waals surface area contributed by atoms with Crippen LogP contribution in [-0.4, -0.2) is 0 Å². The fourth-order valence-corrected chi connectivity index (χ4v) is 1.73. The van der Waals surface area contributed by atoms with Gasteiger partial charge in [0.1, 0.15) is 0 Å². The molecule has 0 spiro atoms. The van der Waals surface area contributed by atoms with E-state index in [1.54, 1.807) is 0 Å². The number of rotatable bonds is 4. The summed E-state index contributed by atoms with van der Waals surface area (Å²) in [5, 5.41) is 0.156. The lowest BCUT2D eigenvalue weighted by molar-refractivity contribution is 0.506. The van der Waals surface area contributed by atoms with E-state index in [1.165, 1.54) is 11.1 Å². The minimum absolute atomic E-state index is 0.156. The molecule has 0 bridgehead atoms. The van der Waals surface area contributed by atoms with Crippen LogP contribution in [0, 0.1) is 0 Å². The van der Waals surface area contributed by atoms with Gasteiger partial charge in [-0.3, -0.25) is 0 Å². The van der Waals surface area contributed by atoms with Gasteiger partial charge in [-0.2, -0.15) is 0 Å². The van der Waals surface area contributed by atoms with Gasteiger partial charge in [-0.15, -0.1) is 11.6 Å². The summed E-state index contributed by atoms with van der Waals surface area (Å²) in [5.74, 6) is 0. The molecule has 0 amide bonds. The lowest BCUT2D eigenvalue weighted by Gasteiger charge is -2.23. The molecule has 1 unspecified atom stereocenters. The molecule has 1 heteroatoms. The summed E-state index contributed by atoms with van der Waals surface area (Å²) in [6.07, 6.45) is 2.14. The van der Waals surface area contributed by atoms with Crippen LogP contribution in [0.2, 0.25) is 0 Å². The number of benzene rings is 1. The number of hydrogen-bond acceptors (Lipinski definition) is 0. The van der Waals surface area contributed by atoms with E-state index >= 15 is 0 Å². The van der Waals surface area contributed by atoms with Crippen molar-refractivity contribution in [1.29, 1.82) is 0 Å². The third-order valence-corrected chi connectivity index (χ3v) is 3.86. The maximum absolute atomic E-state index is 6.19. The topological polar surface area (TPSA) is 0 Å². The van der Waals surface area contributed by atoms with E-state index in [0.717, 1.165) is 12.8 Å². The first-order chi connectivity index (χ1) is 7.01. The molecule has 0 nitrogen and oxygen atoms in total. The van der Waals surface area contributed by atoms with E-state index in [0.29, 0.717) is 0 Å². The van der Waals surface area contributed by atoms with Crippen LogP contribution in [0.4, 0.5) is 0 Å². The van der Waals surface area contributed by atoms with Crippen LogP contribution in [0.3, 0.4) is 0 Å². The van der Waals surface area contributed by atoms with Gasteiger partial charge in [0.05, 0.1) is 5.38 Å². The van der Waals surface area contributed by atoms with E-state index in [2.05, 4.69) is 52.0 Å². The Hall–Kier alpha value is -0.490. The van der Waals surface area contributed by atoms with Crippen molar-refractivity contribution in [3.63, 3.8) is 0 Å². The van der Waals surface area contributed by atoms with Crippen LogP contribution in [0.25, 0.3) is 0 Å². The SMILES string of the molecule is CCC(Cl)c1ccc(C(C)(C)CC)cc1. The Morgan fingerprint density at radius 3 is 2.07 bits per heavy atom. The summed E-state index contributed by atoms with van der Waals surface area (Å²) in [7, 11) is 0. The van der Waals surface area contributed by atoms with Gasteiger partial charge in [-0.25, -0.2) is 0 Å². The normalized spacial score (nSPS) is 13.9. The lowest BCUT2D eigenvalue weighted by Crippen LogP contribution is -2.15. The van der Waals surface area contributed by atoms with Gasteiger partial charge in [-0.05, 0) is 29.4 Å². The zero-order valence-corrected chi connectivity index (χ0v) is 10.9. The quantitative estimate of drug-likeness (QED) is 0.627. The van der Waals surface area contributed by atoms with Crippen LogP contribution in [-0.2, 0) is 5.41 Å². The maximum Gasteiger partial charge on any atom is 0.0582 e. The minimum atomic E-state index is 0.156. The van der Waals surface area contributed by atoms with Crippen molar-refractivity contribution in [2.75, 3.05) is 0 Å². The van der Waals surface area contributed by atoms with E-state index < -0.39 is 0 Å². The molecular weight excluding hydrogens is 204 g/mol. The number of hydrogen-bond donors (Lipinski definition) is 0. The molecular formula is C14H21Cl. The fourth-order valence-electron chi connectivity index (χ4n) is 1.58. The fraction of sp³-hybridized carbons (Fsp3) is 0.571. The van der Waals surface area contributed by atoms with Crippen molar-refractivity contribution < 1.29 is 0 Å². The third kappa shape index (κ3) is 2.98. The maximum atomic E-state index is 6.19. The first kappa shape index (κ1) is 12.6. The lowest BCUT2D eigenvalue weighted by atomic mass is 9.82. The summed E-state index contributed by atoms with van der Waals surface area (Å²) in [5.41, 5.74) is 2.90. The van der Waals surface area contributed by atoms with E-state index in [9.17, 15) is 0 Å². The first-order valence-electron chi connectivity index (χ1n) is 5.75. The number of alkyl halides is 1. The average molecular weight is 225 g/mol. The Morgan fingerprint density at radius 2 is 1.67 bits per heavy atom. The highest BCUT2D eigenvalue weighted by Crippen LogP contribution is 2.29. The van der Waals surface area contributed by atoms with Crippen molar-refractivity contribution in [3.8, 4) is 0 Å². The zero-order valence-electron chi connectivity index (χ0n) is 10.2. The second kappa shape index (κ2) is 5.03. The first-order valence-corrected chi connectivity index (χ1v) is 6.19. The van der Waals surface area contributed by atoms with Crippen molar-refractivity contribution >= 4 is 11.6 Å². The Bertz CT molecular complexity index is 298. The van der Waals surface area contributed by atoms with Gasteiger partial charge in [0.15, 0.2) is 0 Å². The minimum Gasteiger partial charge on any atom is -0.118 e. The highest BCUT2D eigenvalue weighted by atomic mass is 35.5. The molecule has 15 heavy (non-hydrogen) atoms. The summed E-state index contributed by atoms with van der Waals surface area (Å²) < 4.78 is 0. The molecule has 1 rings (SSSR count). The van der Waals surface area contributed by atoms with E-state index in [4.69, 9.17) is 11.6 Å². The molecule has 0 heterocycles. The molecule has 0 saturated carbocycles. The molecule has 0 aliphatic heterocycles. The molecule has 84 valence electrons. The summed E-state index contributed by atoms with van der Waals surface area (Å²) in [4.78, 5) is 0. The molecule has 0 N–H and O–H groups in total. The van der Waals surface area contributed by atoms with Gasteiger partial charge < -0.3 is 0 Å². The van der Waals surface area contributed by atoms with Gasteiger partial charge in [0, 0.05) is 0 Å². The Morgan fingerprint density at radius 1 is 1.13 bits per heavy atom. The van der Waals surface area contributed by atoms with Crippen molar-refractivity contribution in [2.24, 2.45) is 0 Å². The number of halogens is 1. The molecule has 0 aliphatic rings. The van der Waals surface area contributed by atoms with Crippen molar-refractivity contribution in [3.05, 3.63) is 35.4 Å². The van der Waals surface area contributed by atoms with Gasteiger partial charge >= 0.3 is 0 Å². The van der Waals surface area contributed by atoms with Gasteiger partial charge in [0.25, 0.3) is 0 Å². The second-order valence-corrected chi connectivity index (χ2v) is 5.26.